The molecular formula is C13H10ClFN2O2. The average Bonchev–Trinajstić information content (AvgIpc) is 2.36. The Kier molecular flexibility index (Phi) is 3.57. The van der Waals surface area contributed by atoms with Crippen LogP contribution in [0.15, 0.2) is 36.4 Å². The van der Waals surface area contributed by atoms with Crippen molar-refractivity contribution in [3.63, 3.8) is 0 Å². The fourth-order valence-electron chi connectivity index (χ4n) is 1.51. The normalized spacial score (nSPS) is 10.2. The Morgan fingerprint density at radius 2 is 1.95 bits per heavy atom. The lowest BCUT2D eigenvalue weighted by molar-refractivity contribution is 0.0998. The van der Waals surface area contributed by atoms with E-state index in [9.17, 15) is 9.18 Å². The molecule has 0 spiro atoms. The standard InChI is InChI=1S/C13H10ClFN2O2/c14-9-2-1-3-11(12(9)15)19-10-5-4-7(16)6-8(10)13(17)18/h1-6H,16H2,(H2,17,18). The van der Waals surface area contributed by atoms with Gasteiger partial charge in [0.25, 0.3) is 5.91 Å². The number of carbonyl (C=O) groups is 1. The third-order valence-electron chi connectivity index (χ3n) is 2.41. The summed E-state index contributed by atoms with van der Waals surface area (Å²) in [7, 11) is 0. The van der Waals surface area contributed by atoms with Crippen LogP contribution in [-0.2, 0) is 0 Å². The second-order valence-corrected chi connectivity index (χ2v) is 4.18. The predicted octanol–water partition coefficient (Wildman–Crippen LogP) is 2.95. The van der Waals surface area contributed by atoms with Crippen LogP contribution in [0.1, 0.15) is 10.4 Å². The van der Waals surface area contributed by atoms with Crippen LogP contribution in [0.4, 0.5) is 10.1 Å². The van der Waals surface area contributed by atoms with Crippen molar-refractivity contribution >= 4 is 23.2 Å². The van der Waals surface area contributed by atoms with Crippen LogP contribution in [0.2, 0.25) is 5.02 Å². The van der Waals surface area contributed by atoms with E-state index in [0.29, 0.717) is 5.69 Å². The lowest BCUT2D eigenvalue weighted by Gasteiger charge is -2.11. The molecule has 1 amide bonds. The van der Waals surface area contributed by atoms with Gasteiger partial charge >= 0.3 is 0 Å². The SMILES string of the molecule is NC(=O)c1cc(N)ccc1Oc1cccc(Cl)c1F. The van der Waals surface area contributed by atoms with Gasteiger partial charge in [0.2, 0.25) is 0 Å². The highest BCUT2D eigenvalue weighted by atomic mass is 35.5. The Balaban J connectivity index is 2.44. The molecule has 0 unspecified atom stereocenters. The minimum Gasteiger partial charge on any atom is -0.453 e. The number of anilines is 1. The fourth-order valence-corrected chi connectivity index (χ4v) is 1.68. The Morgan fingerprint density at radius 1 is 1.21 bits per heavy atom. The maximum absolute atomic E-state index is 13.7. The van der Waals surface area contributed by atoms with Crippen LogP contribution in [-0.4, -0.2) is 5.91 Å². The highest BCUT2D eigenvalue weighted by Crippen LogP contribution is 2.31. The molecule has 4 N–H and O–H groups in total. The van der Waals surface area contributed by atoms with Gasteiger partial charge in [0.15, 0.2) is 11.6 Å². The minimum absolute atomic E-state index is 0.0689. The van der Waals surface area contributed by atoms with Crippen LogP contribution >= 0.6 is 11.6 Å². The fraction of sp³-hybridized carbons (Fsp3) is 0. The molecule has 19 heavy (non-hydrogen) atoms. The molecule has 0 aromatic heterocycles. The van der Waals surface area contributed by atoms with Gasteiger partial charge in [-0.2, -0.15) is 0 Å². The summed E-state index contributed by atoms with van der Waals surface area (Å²) in [6.45, 7) is 0. The largest absolute Gasteiger partial charge is 0.453 e. The van der Waals surface area contributed by atoms with Crippen molar-refractivity contribution in [3.05, 3.63) is 52.8 Å². The first-order chi connectivity index (χ1) is 8.99. The van der Waals surface area contributed by atoms with Gasteiger partial charge in [0.1, 0.15) is 5.75 Å². The van der Waals surface area contributed by atoms with Gasteiger partial charge in [-0.05, 0) is 30.3 Å². The molecular weight excluding hydrogens is 271 g/mol. The second kappa shape index (κ2) is 5.16. The zero-order valence-electron chi connectivity index (χ0n) is 9.69. The summed E-state index contributed by atoms with van der Waals surface area (Å²) in [4.78, 5) is 11.3. The highest BCUT2D eigenvalue weighted by molar-refractivity contribution is 6.30. The Hall–Kier alpha value is -2.27. The van der Waals surface area contributed by atoms with Crippen molar-refractivity contribution in [2.45, 2.75) is 0 Å². The maximum atomic E-state index is 13.7. The van der Waals surface area contributed by atoms with Gasteiger partial charge in [-0.25, -0.2) is 4.39 Å². The third kappa shape index (κ3) is 2.77. The van der Waals surface area contributed by atoms with Crippen molar-refractivity contribution in [1.82, 2.24) is 0 Å². The average molecular weight is 281 g/mol. The molecule has 0 bridgehead atoms. The summed E-state index contributed by atoms with van der Waals surface area (Å²) in [5, 5.41) is -0.0754. The lowest BCUT2D eigenvalue weighted by atomic mass is 10.1. The molecule has 2 aromatic carbocycles. The van der Waals surface area contributed by atoms with Crippen LogP contribution in [0.25, 0.3) is 0 Å². The summed E-state index contributed by atoms with van der Waals surface area (Å²) >= 11 is 5.64. The molecule has 0 aliphatic heterocycles. The van der Waals surface area contributed by atoms with Gasteiger partial charge in [-0.15, -0.1) is 0 Å². The number of nitrogen functional groups attached to an aromatic ring is 1. The molecule has 0 atom stereocenters. The van der Waals surface area contributed by atoms with Crippen molar-refractivity contribution in [1.29, 1.82) is 0 Å². The number of nitrogens with two attached hydrogens (primary N) is 2. The molecule has 98 valence electrons. The van der Waals surface area contributed by atoms with Gasteiger partial charge in [-0.3, -0.25) is 4.79 Å². The Labute approximate surface area is 113 Å². The minimum atomic E-state index is -0.718. The van der Waals surface area contributed by atoms with E-state index in [1.807, 2.05) is 0 Å². The molecule has 0 saturated heterocycles. The molecule has 0 radical (unpaired) electrons. The number of carbonyl (C=O) groups excluding carboxylic acids is 1. The molecule has 0 fully saturated rings. The number of primary amides is 1. The Bertz CT molecular complexity index is 647. The van der Waals surface area contributed by atoms with E-state index in [1.54, 1.807) is 0 Å². The van der Waals surface area contributed by atoms with Crippen molar-refractivity contribution < 1.29 is 13.9 Å². The van der Waals surface area contributed by atoms with Gasteiger partial charge in [-0.1, -0.05) is 17.7 Å². The van der Waals surface area contributed by atoms with E-state index in [0.717, 1.165) is 0 Å². The van der Waals surface area contributed by atoms with Crippen LogP contribution in [0.5, 0.6) is 11.5 Å². The van der Waals surface area contributed by atoms with Crippen molar-refractivity contribution in [3.8, 4) is 11.5 Å². The first-order valence-corrected chi connectivity index (χ1v) is 5.68. The van der Waals surface area contributed by atoms with Crippen molar-refractivity contribution in [2.24, 2.45) is 5.73 Å². The summed E-state index contributed by atoms with van der Waals surface area (Å²) in [5.41, 5.74) is 11.2. The number of benzene rings is 2. The lowest BCUT2D eigenvalue weighted by Crippen LogP contribution is -2.12. The van der Waals surface area contributed by atoms with Crippen molar-refractivity contribution in [2.75, 3.05) is 5.73 Å². The molecule has 0 heterocycles. The maximum Gasteiger partial charge on any atom is 0.252 e. The molecule has 0 aliphatic carbocycles. The molecule has 2 rings (SSSR count). The number of amides is 1. The zero-order chi connectivity index (χ0) is 14.0. The third-order valence-corrected chi connectivity index (χ3v) is 2.70. The smallest absolute Gasteiger partial charge is 0.252 e. The molecule has 6 heteroatoms. The molecule has 0 aliphatic rings. The first kappa shape index (κ1) is 13.2. The summed E-state index contributed by atoms with van der Waals surface area (Å²) in [6, 6.07) is 8.63. The summed E-state index contributed by atoms with van der Waals surface area (Å²) in [5.74, 6) is -1.41. The van der Waals surface area contributed by atoms with Gasteiger partial charge < -0.3 is 16.2 Å². The van der Waals surface area contributed by atoms with E-state index in [1.165, 1.54) is 36.4 Å². The first-order valence-electron chi connectivity index (χ1n) is 5.30. The number of ether oxygens (including phenoxy) is 1. The van der Waals surface area contributed by atoms with Crippen LogP contribution in [0, 0.1) is 5.82 Å². The van der Waals surface area contributed by atoms with E-state index in [4.69, 9.17) is 27.8 Å². The van der Waals surface area contributed by atoms with E-state index < -0.39 is 11.7 Å². The van der Waals surface area contributed by atoms with Gasteiger partial charge in [0.05, 0.1) is 10.6 Å². The number of hydrogen-bond acceptors (Lipinski definition) is 3. The highest BCUT2D eigenvalue weighted by Gasteiger charge is 2.14. The van der Waals surface area contributed by atoms with E-state index >= 15 is 0 Å². The molecule has 0 saturated carbocycles. The zero-order valence-corrected chi connectivity index (χ0v) is 10.4. The second-order valence-electron chi connectivity index (χ2n) is 3.77. The van der Waals surface area contributed by atoms with Crippen LogP contribution < -0.4 is 16.2 Å². The molecule has 4 nitrogen and oxygen atoms in total. The molecule has 2 aromatic rings. The predicted molar refractivity (Wildman–Crippen MR) is 70.9 cm³/mol. The summed E-state index contributed by atoms with van der Waals surface area (Å²) in [6.07, 6.45) is 0. The quantitative estimate of drug-likeness (QED) is 0.849. The number of hydrogen-bond donors (Lipinski definition) is 2. The topological polar surface area (TPSA) is 78.3 Å². The van der Waals surface area contributed by atoms with E-state index in [-0.39, 0.29) is 22.1 Å². The van der Waals surface area contributed by atoms with Crippen LogP contribution in [0.3, 0.4) is 0 Å². The number of rotatable bonds is 3. The van der Waals surface area contributed by atoms with Gasteiger partial charge in [0, 0.05) is 5.69 Å². The van der Waals surface area contributed by atoms with E-state index in [2.05, 4.69) is 0 Å². The Morgan fingerprint density at radius 3 is 2.63 bits per heavy atom. The monoisotopic (exact) mass is 280 g/mol. The summed E-state index contributed by atoms with van der Waals surface area (Å²) < 4.78 is 19.0. The number of halogens is 2.